The Balaban J connectivity index is 0.00000200. The number of aliphatic imine (C=N–C) groups is 1. The first-order chi connectivity index (χ1) is 9.33. The lowest BCUT2D eigenvalue weighted by atomic mass is 10.1. The highest BCUT2D eigenvalue weighted by atomic mass is 127. The van der Waals surface area contributed by atoms with E-state index in [1.807, 2.05) is 7.05 Å². The van der Waals surface area contributed by atoms with E-state index >= 15 is 0 Å². The molecule has 1 unspecified atom stereocenters. The van der Waals surface area contributed by atoms with E-state index in [0.717, 1.165) is 44.0 Å². The van der Waals surface area contributed by atoms with E-state index < -0.39 is 0 Å². The molecule has 1 heterocycles. The van der Waals surface area contributed by atoms with E-state index in [4.69, 9.17) is 4.74 Å². The lowest BCUT2D eigenvalue weighted by Gasteiger charge is -2.17. The molecule has 1 saturated heterocycles. The van der Waals surface area contributed by atoms with Crippen LogP contribution in [0.2, 0.25) is 0 Å². The zero-order valence-corrected chi connectivity index (χ0v) is 15.1. The second kappa shape index (κ2) is 9.78. The minimum atomic E-state index is 0. The van der Waals surface area contributed by atoms with Crippen LogP contribution in [0, 0.1) is 5.92 Å². The zero-order valence-electron chi connectivity index (χ0n) is 12.7. The van der Waals surface area contributed by atoms with Crippen molar-refractivity contribution in [3.63, 3.8) is 0 Å². The van der Waals surface area contributed by atoms with Crippen molar-refractivity contribution in [2.24, 2.45) is 10.9 Å². The number of methoxy groups -OCH3 is 1. The second-order valence-corrected chi connectivity index (χ2v) is 5.61. The van der Waals surface area contributed by atoms with Crippen molar-refractivity contribution >= 4 is 29.9 Å². The van der Waals surface area contributed by atoms with Crippen LogP contribution in [0.5, 0.6) is 0 Å². The molecule has 0 aromatic heterocycles. The lowest BCUT2D eigenvalue weighted by Crippen LogP contribution is -2.40. The predicted molar refractivity (Wildman–Crippen MR) is 94.0 cm³/mol. The number of nitrogens with zero attached hydrogens (tertiary/aromatic N) is 2. The van der Waals surface area contributed by atoms with Gasteiger partial charge in [-0.15, -0.1) is 24.0 Å². The van der Waals surface area contributed by atoms with Gasteiger partial charge in [-0.3, -0.25) is 4.99 Å². The third-order valence-electron chi connectivity index (χ3n) is 3.98. The number of halogens is 1. The first-order valence-corrected chi connectivity index (χ1v) is 7.51. The fraction of sp³-hybridized carbons (Fsp3) is 0.929. The van der Waals surface area contributed by atoms with Crippen LogP contribution in [-0.2, 0) is 4.74 Å². The third kappa shape index (κ3) is 6.13. The molecular formula is C14H29IN4O. The van der Waals surface area contributed by atoms with Crippen LogP contribution in [-0.4, -0.2) is 63.8 Å². The van der Waals surface area contributed by atoms with Crippen molar-refractivity contribution in [2.75, 3.05) is 46.9 Å². The van der Waals surface area contributed by atoms with Gasteiger partial charge in [-0.25, -0.2) is 0 Å². The summed E-state index contributed by atoms with van der Waals surface area (Å²) in [5, 5.41) is 6.76. The highest BCUT2D eigenvalue weighted by molar-refractivity contribution is 14.0. The molecule has 0 bridgehead atoms. The molecule has 2 fully saturated rings. The van der Waals surface area contributed by atoms with E-state index in [9.17, 15) is 0 Å². The maximum Gasteiger partial charge on any atom is 0.190 e. The van der Waals surface area contributed by atoms with Gasteiger partial charge >= 0.3 is 0 Å². The van der Waals surface area contributed by atoms with Crippen LogP contribution in [0.1, 0.15) is 25.7 Å². The minimum absolute atomic E-state index is 0. The summed E-state index contributed by atoms with van der Waals surface area (Å²) in [5.41, 5.74) is 0. The Hall–Kier alpha value is -0.0800. The van der Waals surface area contributed by atoms with E-state index in [1.165, 1.54) is 32.4 Å². The molecule has 20 heavy (non-hydrogen) atoms. The van der Waals surface area contributed by atoms with Gasteiger partial charge in [-0.1, -0.05) is 0 Å². The van der Waals surface area contributed by atoms with Crippen molar-refractivity contribution in [1.29, 1.82) is 0 Å². The van der Waals surface area contributed by atoms with Gasteiger partial charge in [0.2, 0.25) is 0 Å². The number of rotatable bonds is 7. The Labute approximate surface area is 139 Å². The summed E-state index contributed by atoms with van der Waals surface area (Å²) in [6.07, 6.45) is 5.17. The maximum atomic E-state index is 5.03. The first kappa shape index (κ1) is 18.0. The van der Waals surface area contributed by atoms with E-state index in [-0.39, 0.29) is 24.0 Å². The molecule has 6 heteroatoms. The van der Waals surface area contributed by atoms with E-state index in [2.05, 4.69) is 20.5 Å². The number of nitrogens with one attached hydrogen (secondary N) is 2. The molecule has 2 N–H and O–H groups in total. The maximum absolute atomic E-state index is 5.03. The number of hydrogen-bond acceptors (Lipinski definition) is 3. The molecule has 0 aromatic rings. The highest BCUT2D eigenvalue weighted by Gasteiger charge is 2.34. The lowest BCUT2D eigenvalue weighted by molar-refractivity contribution is 0.195. The Bertz CT molecular complexity index is 297. The number of hydrogen-bond donors (Lipinski definition) is 2. The fourth-order valence-electron chi connectivity index (χ4n) is 2.69. The molecule has 0 aromatic carbocycles. The van der Waals surface area contributed by atoms with Gasteiger partial charge in [0.15, 0.2) is 5.96 Å². The number of ether oxygens (including phenoxy) is 1. The van der Waals surface area contributed by atoms with Crippen molar-refractivity contribution in [3.8, 4) is 0 Å². The summed E-state index contributed by atoms with van der Waals surface area (Å²) in [6, 6.07) is 0.913. The average Bonchev–Trinajstić information content (AvgIpc) is 3.18. The van der Waals surface area contributed by atoms with Crippen LogP contribution in [0.15, 0.2) is 4.99 Å². The summed E-state index contributed by atoms with van der Waals surface area (Å²) >= 11 is 0. The van der Waals surface area contributed by atoms with Gasteiger partial charge in [0, 0.05) is 46.4 Å². The monoisotopic (exact) mass is 396 g/mol. The molecule has 2 aliphatic rings. The van der Waals surface area contributed by atoms with Crippen molar-refractivity contribution < 1.29 is 4.74 Å². The molecule has 5 nitrogen and oxygen atoms in total. The topological polar surface area (TPSA) is 48.9 Å². The third-order valence-corrected chi connectivity index (χ3v) is 3.98. The molecule has 0 amide bonds. The van der Waals surface area contributed by atoms with E-state index in [1.54, 1.807) is 7.11 Å². The van der Waals surface area contributed by atoms with Gasteiger partial charge in [0.25, 0.3) is 0 Å². The predicted octanol–water partition coefficient (Wildman–Crippen LogP) is 1.29. The van der Waals surface area contributed by atoms with Gasteiger partial charge < -0.3 is 20.3 Å². The zero-order chi connectivity index (χ0) is 13.5. The van der Waals surface area contributed by atoms with Gasteiger partial charge in [-0.05, 0) is 38.1 Å². The quantitative estimate of drug-likeness (QED) is 0.295. The Morgan fingerprint density at radius 2 is 2.10 bits per heavy atom. The number of likely N-dealkylation sites (tertiary alicyclic amines) is 1. The molecule has 1 aliphatic heterocycles. The molecule has 1 atom stereocenters. The van der Waals surface area contributed by atoms with Crippen LogP contribution >= 0.6 is 24.0 Å². The van der Waals surface area contributed by atoms with Gasteiger partial charge in [0.05, 0.1) is 0 Å². The molecule has 1 saturated carbocycles. The molecule has 0 spiro atoms. The molecule has 118 valence electrons. The van der Waals surface area contributed by atoms with E-state index in [0.29, 0.717) is 0 Å². The van der Waals surface area contributed by atoms with Gasteiger partial charge in [0.1, 0.15) is 0 Å². The van der Waals surface area contributed by atoms with Crippen LogP contribution in [0.3, 0.4) is 0 Å². The largest absolute Gasteiger partial charge is 0.385 e. The second-order valence-electron chi connectivity index (χ2n) is 5.61. The van der Waals surface area contributed by atoms with Crippen LogP contribution in [0.4, 0.5) is 0 Å². The fourth-order valence-corrected chi connectivity index (χ4v) is 2.69. The highest BCUT2D eigenvalue weighted by Crippen LogP contribution is 2.31. The summed E-state index contributed by atoms with van der Waals surface area (Å²) < 4.78 is 5.03. The normalized spacial score (nSPS) is 23.5. The average molecular weight is 396 g/mol. The molecular weight excluding hydrogens is 367 g/mol. The molecule has 0 radical (unpaired) electrons. The molecule has 1 aliphatic carbocycles. The summed E-state index contributed by atoms with van der Waals surface area (Å²) in [5.74, 6) is 1.69. The summed E-state index contributed by atoms with van der Waals surface area (Å²) in [7, 11) is 3.57. The minimum Gasteiger partial charge on any atom is -0.385 e. The van der Waals surface area contributed by atoms with Crippen LogP contribution < -0.4 is 10.6 Å². The standard InChI is InChI=1S/C14H28N4O.HI/c1-15-14(16-7-3-9-19-2)17-10-12-6-8-18(11-12)13-4-5-13;/h12-13H,3-11H2,1-2H3,(H2,15,16,17);1H. The van der Waals surface area contributed by atoms with Crippen molar-refractivity contribution in [2.45, 2.75) is 31.7 Å². The molecule has 2 rings (SSSR count). The SMILES string of the molecule is CN=C(NCCCOC)NCC1CCN(C2CC2)C1.I. The Kier molecular flexibility index (Phi) is 8.79. The van der Waals surface area contributed by atoms with Crippen molar-refractivity contribution in [3.05, 3.63) is 0 Å². The van der Waals surface area contributed by atoms with Crippen LogP contribution in [0.25, 0.3) is 0 Å². The Morgan fingerprint density at radius 1 is 1.30 bits per heavy atom. The number of guanidine groups is 1. The summed E-state index contributed by atoms with van der Waals surface area (Å²) in [4.78, 5) is 6.91. The van der Waals surface area contributed by atoms with Crippen molar-refractivity contribution in [1.82, 2.24) is 15.5 Å². The van der Waals surface area contributed by atoms with Gasteiger partial charge in [-0.2, -0.15) is 0 Å². The summed E-state index contributed by atoms with van der Waals surface area (Å²) in [6.45, 7) is 5.29. The smallest absolute Gasteiger partial charge is 0.190 e. The first-order valence-electron chi connectivity index (χ1n) is 7.51. The Morgan fingerprint density at radius 3 is 2.75 bits per heavy atom.